The van der Waals surface area contributed by atoms with Gasteiger partial charge in [0.1, 0.15) is 11.8 Å². The van der Waals surface area contributed by atoms with E-state index in [9.17, 15) is 14.7 Å². The lowest BCUT2D eigenvalue weighted by atomic mass is 10.2. The predicted molar refractivity (Wildman–Crippen MR) is 138 cm³/mol. The van der Waals surface area contributed by atoms with Crippen LogP contribution in [0.1, 0.15) is 29.9 Å². The van der Waals surface area contributed by atoms with Gasteiger partial charge >= 0.3 is 12.0 Å². The first-order valence-corrected chi connectivity index (χ1v) is 12.5. The van der Waals surface area contributed by atoms with E-state index in [1.54, 1.807) is 18.2 Å². The number of carbonyl (C=O) groups is 2. The molecule has 3 heterocycles. The Balaban J connectivity index is 1.51. The molecule has 5 N–H and O–H groups in total. The molecule has 2 atom stereocenters. The number of ether oxygens (including phenoxy) is 1. The van der Waals surface area contributed by atoms with E-state index in [4.69, 9.17) is 22.1 Å². The van der Waals surface area contributed by atoms with Gasteiger partial charge in [0, 0.05) is 31.3 Å². The number of amides is 2. The van der Waals surface area contributed by atoms with Gasteiger partial charge in [0.05, 0.1) is 28.0 Å². The molecule has 4 rings (SSSR count). The van der Waals surface area contributed by atoms with E-state index >= 15 is 0 Å². The molecule has 2 unspecified atom stereocenters. The van der Waals surface area contributed by atoms with Crippen LogP contribution in [-0.4, -0.2) is 61.3 Å². The monoisotopic (exact) mass is 518 g/mol. The van der Waals surface area contributed by atoms with E-state index < -0.39 is 12.2 Å². The summed E-state index contributed by atoms with van der Waals surface area (Å²) in [6, 6.07) is 8.97. The second-order valence-corrected chi connectivity index (χ2v) is 10.6. The third-order valence-corrected chi connectivity index (χ3v) is 6.94. The van der Waals surface area contributed by atoms with Gasteiger partial charge in [-0.25, -0.2) is 4.79 Å². The number of nitrogens with two attached hydrogens (primary N) is 1. The molecule has 1 aromatic carbocycles. The van der Waals surface area contributed by atoms with Crippen LogP contribution in [0.25, 0.3) is 0 Å². The molecule has 2 aliphatic rings. The molecule has 35 heavy (non-hydrogen) atoms. The molecule has 0 saturated carbocycles. The minimum Gasteiger partial charge on any atom is -0.460 e. The first kappa shape index (κ1) is 25.0. The molecule has 2 fully saturated rings. The Morgan fingerprint density at radius 2 is 2.14 bits per heavy atom. The highest BCUT2D eigenvalue weighted by Gasteiger charge is 2.34. The number of rotatable bonds is 7. The van der Waals surface area contributed by atoms with Crippen LogP contribution in [-0.2, 0) is 4.74 Å². The van der Waals surface area contributed by atoms with Gasteiger partial charge in [0.2, 0.25) is 5.69 Å². The number of nitrogens with one attached hydrogen (secondary N) is 2. The standard InChI is InChI=1S/C24H28ClN5O4S/c1-14(2)9-22(31)28-18-10-16(3-4-19(18)29-8-7-15(26)12-29)30-13-17(34-24(30)33)11-27-23(32)20-5-6-21(25)35-20/h3-6,9-10,15,17H,7-8,11-13,26H2,1-2H3,(H,27,32)(H,28,31)/p+1. The average Bonchev–Trinajstić information content (AvgIpc) is 3.51. The number of hydrogen-bond acceptors (Lipinski definition) is 6. The zero-order chi connectivity index (χ0) is 25.1. The van der Waals surface area contributed by atoms with Crippen molar-refractivity contribution in [3.05, 3.63) is 51.2 Å². The van der Waals surface area contributed by atoms with Gasteiger partial charge in [-0.3, -0.25) is 9.69 Å². The zero-order valence-electron chi connectivity index (χ0n) is 19.6. The molecule has 0 bridgehead atoms. The zero-order valence-corrected chi connectivity index (χ0v) is 21.2. The van der Waals surface area contributed by atoms with Crippen LogP contribution >= 0.6 is 22.9 Å². The summed E-state index contributed by atoms with van der Waals surface area (Å²) in [4.78, 5) is 32.1. The van der Waals surface area contributed by atoms with E-state index in [-0.39, 0.29) is 30.9 Å². The summed E-state index contributed by atoms with van der Waals surface area (Å²) in [5.74, 6) is -0.258. The summed E-state index contributed by atoms with van der Waals surface area (Å²) in [6.07, 6.45) is 1.52. The van der Waals surface area contributed by atoms with Crippen molar-refractivity contribution >= 4 is 57.9 Å². The van der Waals surface area contributed by atoms with Gasteiger partial charge in [-0.2, -0.15) is 4.99 Å². The predicted octanol–water partition coefficient (Wildman–Crippen LogP) is 2.33. The number of cyclic esters (lactones) is 1. The van der Waals surface area contributed by atoms with Crippen molar-refractivity contribution in [3.8, 4) is 0 Å². The largest absolute Gasteiger partial charge is 0.460 e. The number of allylic oxidation sites excluding steroid dienone is 1. The van der Waals surface area contributed by atoms with Crippen LogP contribution in [0.5, 0.6) is 0 Å². The third kappa shape index (κ3) is 6.14. The maximum atomic E-state index is 12.6. The smallest absolute Gasteiger partial charge is 0.414 e. The Morgan fingerprint density at radius 1 is 1.34 bits per heavy atom. The minimum absolute atomic E-state index is 0.00478. The van der Waals surface area contributed by atoms with Gasteiger partial charge in [-0.05, 0) is 44.5 Å². The minimum atomic E-state index is -0.500. The summed E-state index contributed by atoms with van der Waals surface area (Å²) in [5, 5.41) is 13.2. The summed E-state index contributed by atoms with van der Waals surface area (Å²) in [6.45, 7) is 5.76. The van der Waals surface area contributed by atoms with Crippen molar-refractivity contribution in [1.29, 1.82) is 0 Å². The number of thiophene rings is 1. The molecule has 1 aromatic heterocycles. The summed E-state index contributed by atoms with van der Waals surface area (Å²) >= 11 is 7.08. The quantitative estimate of drug-likeness (QED) is 0.329. The van der Waals surface area contributed by atoms with Crippen molar-refractivity contribution in [3.63, 3.8) is 0 Å². The topological polar surface area (TPSA) is 122 Å². The lowest BCUT2D eigenvalue weighted by molar-refractivity contribution is -0.363. The molecule has 0 aliphatic carbocycles. The highest BCUT2D eigenvalue weighted by atomic mass is 35.5. The molecule has 0 radical (unpaired) electrons. The fourth-order valence-electron chi connectivity index (χ4n) is 4.09. The Bertz CT molecular complexity index is 1180. The molecule has 186 valence electrons. The first-order valence-electron chi connectivity index (χ1n) is 11.3. The van der Waals surface area contributed by atoms with Crippen LogP contribution in [0.3, 0.4) is 0 Å². The van der Waals surface area contributed by atoms with Crippen molar-refractivity contribution in [2.45, 2.75) is 32.4 Å². The van der Waals surface area contributed by atoms with Crippen molar-refractivity contribution in [2.75, 3.05) is 36.0 Å². The SMILES string of the molecule is CC(C)=CC(O)=[NH+]c1cc(N2CC(CNC(=O)c3ccc(Cl)s3)OC2=O)ccc1N1CCC(N)C1. The fraction of sp³-hybridized carbons (Fsp3) is 0.375. The van der Waals surface area contributed by atoms with E-state index in [1.165, 1.54) is 16.2 Å². The van der Waals surface area contributed by atoms with Crippen molar-refractivity contribution in [2.24, 2.45) is 5.73 Å². The summed E-state index contributed by atoms with van der Waals surface area (Å²) in [5.41, 5.74) is 9.21. The molecular weight excluding hydrogens is 490 g/mol. The normalized spacial score (nSPS) is 20.2. The molecule has 2 saturated heterocycles. The molecule has 2 aliphatic heterocycles. The van der Waals surface area contributed by atoms with Crippen LogP contribution < -0.4 is 25.8 Å². The molecule has 0 spiro atoms. The molecule has 11 heteroatoms. The number of hydrogen-bond donors (Lipinski definition) is 4. The molecule has 9 nitrogen and oxygen atoms in total. The second-order valence-electron chi connectivity index (χ2n) is 8.86. The summed E-state index contributed by atoms with van der Waals surface area (Å²) in [7, 11) is 0. The number of anilines is 2. The number of benzene rings is 1. The fourth-order valence-corrected chi connectivity index (χ4v) is 5.05. The third-order valence-electron chi connectivity index (χ3n) is 5.71. The lowest BCUT2D eigenvalue weighted by Crippen LogP contribution is -2.66. The number of aliphatic hydroxyl groups is 1. The van der Waals surface area contributed by atoms with E-state index in [0.29, 0.717) is 27.1 Å². The Labute approximate surface area is 212 Å². The Kier molecular flexibility index (Phi) is 7.63. The van der Waals surface area contributed by atoms with Gasteiger partial charge in [0.15, 0.2) is 0 Å². The van der Waals surface area contributed by atoms with Crippen LogP contribution in [0, 0.1) is 0 Å². The van der Waals surface area contributed by atoms with E-state index in [0.717, 1.165) is 24.2 Å². The van der Waals surface area contributed by atoms with E-state index in [2.05, 4.69) is 15.2 Å². The molecular formula is C24H29ClN5O4S+. The molecule has 2 amide bonds. The summed E-state index contributed by atoms with van der Waals surface area (Å²) < 4.78 is 6.01. The first-order chi connectivity index (χ1) is 16.7. The Morgan fingerprint density at radius 3 is 2.80 bits per heavy atom. The van der Waals surface area contributed by atoms with Gasteiger partial charge in [0.25, 0.3) is 5.91 Å². The number of aliphatic hydroxyl groups excluding tert-OH is 1. The lowest BCUT2D eigenvalue weighted by Gasteiger charge is -2.20. The van der Waals surface area contributed by atoms with Crippen LogP contribution in [0.2, 0.25) is 4.34 Å². The average molecular weight is 519 g/mol. The van der Waals surface area contributed by atoms with Gasteiger partial charge in [-0.15, -0.1) is 11.3 Å². The molecule has 2 aromatic rings. The Hall–Kier alpha value is -3.08. The number of halogens is 1. The van der Waals surface area contributed by atoms with Crippen LogP contribution in [0.15, 0.2) is 42.0 Å². The van der Waals surface area contributed by atoms with Crippen molar-refractivity contribution in [1.82, 2.24) is 5.32 Å². The van der Waals surface area contributed by atoms with E-state index in [1.807, 2.05) is 32.0 Å². The second kappa shape index (κ2) is 10.7. The highest BCUT2D eigenvalue weighted by Crippen LogP contribution is 2.31. The van der Waals surface area contributed by atoms with Gasteiger partial charge < -0.3 is 25.8 Å². The van der Waals surface area contributed by atoms with Crippen molar-refractivity contribution < 1.29 is 24.4 Å². The maximum Gasteiger partial charge on any atom is 0.414 e. The number of nitrogens with zero attached hydrogens (tertiary/aromatic N) is 2. The van der Waals surface area contributed by atoms with Crippen LogP contribution in [0.4, 0.5) is 21.9 Å². The number of carbonyl (C=O) groups excluding carboxylic acids is 2. The highest BCUT2D eigenvalue weighted by molar-refractivity contribution is 7.18. The van der Waals surface area contributed by atoms with Gasteiger partial charge in [-0.1, -0.05) is 17.2 Å². The maximum absolute atomic E-state index is 12.6.